The molecule has 55 heavy (non-hydrogen) atoms. The van der Waals surface area contributed by atoms with Gasteiger partial charge in [0.05, 0.1) is 6.54 Å². The minimum absolute atomic E-state index is 0.00461. The van der Waals surface area contributed by atoms with Crippen molar-refractivity contribution in [3.63, 3.8) is 0 Å². The van der Waals surface area contributed by atoms with Crippen molar-refractivity contribution in [1.29, 1.82) is 0 Å². The minimum Gasteiger partial charge on any atom is -0.370 e. The average molecular weight is 759 g/mol. The van der Waals surface area contributed by atoms with Crippen molar-refractivity contribution in [3.05, 3.63) is 71.9 Å². The second kappa shape index (κ2) is 20.1. The molecule has 2 aromatic carbocycles. The zero-order chi connectivity index (χ0) is 40.1. The summed E-state index contributed by atoms with van der Waals surface area (Å²) in [5.74, 6) is -4.59. The lowest BCUT2D eigenvalue weighted by Crippen LogP contribution is -2.60. The fourth-order valence-corrected chi connectivity index (χ4v) is 6.57. The first kappa shape index (κ1) is 42.0. The van der Waals surface area contributed by atoms with Crippen LogP contribution in [0.2, 0.25) is 0 Å². The number of H-pyrrole nitrogens is 1. The molecule has 0 saturated carbocycles. The number of amides is 7. The topological polar surface area (TPSA) is 233 Å². The molecular formula is C40H54N8O7. The van der Waals surface area contributed by atoms with Crippen LogP contribution in [0.3, 0.4) is 0 Å². The Kier molecular flexibility index (Phi) is 15.3. The first-order valence-corrected chi connectivity index (χ1v) is 18.9. The van der Waals surface area contributed by atoms with Gasteiger partial charge in [0, 0.05) is 36.4 Å². The van der Waals surface area contributed by atoms with Gasteiger partial charge < -0.3 is 42.6 Å². The van der Waals surface area contributed by atoms with E-state index in [0.717, 1.165) is 16.5 Å². The number of aromatic amines is 1. The van der Waals surface area contributed by atoms with Crippen molar-refractivity contribution < 1.29 is 33.6 Å². The highest BCUT2D eigenvalue weighted by atomic mass is 16.2. The van der Waals surface area contributed by atoms with Gasteiger partial charge in [0.25, 0.3) is 0 Å². The molecule has 2 heterocycles. The number of rotatable bonds is 12. The summed E-state index contributed by atoms with van der Waals surface area (Å²) in [6.45, 7) is 7.01. The monoisotopic (exact) mass is 758 g/mol. The molecule has 0 unspecified atom stereocenters. The number of hydrogen-bond acceptors (Lipinski definition) is 7. The van der Waals surface area contributed by atoms with E-state index in [2.05, 4.69) is 36.9 Å². The maximum absolute atomic E-state index is 14.3. The van der Waals surface area contributed by atoms with Gasteiger partial charge in [-0.05, 0) is 54.7 Å². The number of primary amides is 1. The fourth-order valence-electron chi connectivity index (χ4n) is 6.57. The van der Waals surface area contributed by atoms with Crippen molar-refractivity contribution in [1.82, 2.24) is 36.9 Å². The number of nitrogens with one attached hydrogen (secondary N) is 7. The molecule has 1 aliphatic rings. The zero-order valence-corrected chi connectivity index (χ0v) is 31.9. The van der Waals surface area contributed by atoms with Crippen molar-refractivity contribution in [2.75, 3.05) is 6.54 Å². The highest BCUT2D eigenvalue weighted by Crippen LogP contribution is 2.20. The lowest BCUT2D eigenvalue weighted by Gasteiger charge is -2.28. The molecule has 15 nitrogen and oxygen atoms in total. The van der Waals surface area contributed by atoms with Crippen LogP contribution < -0.4 is 37.6 Å². The molecule has 9 N–H and O–H groups in total. The summed E-state index contributed by atoms with van der Waals surface area (Å²) < 4.78 is 0. The molecule has 1 saturated heterocycles. The van der Waals surface area contributed by atoms with E-state index >= 15 is 0 Å². The number of hydrogen-bond donors (Lipinski definition) is 8. The number of aromatic nitrogens is 1. The van der Waals surface area contributed by atoms with Crippen LogP contribution in [-0.2, 0) is 46.4 Å². The normalized spacial score (nSPS) is 22.2. The third kappa shape index (κ3) is 13.0. The van der Waals surface area contributed by atoms with Crippen molar-refractivity contribution in [2.45, 2.75) is 103 Å². The van der Waals surface area contributed by atoms with Gasteiger partial charge in [0.2, 0.25) is 41.4 Å². The number of fused-ring (bicyclic) bond motifs is 1. The van der Waals surface area contributed by atoms with Gasteiger partial charge in [0.15, 0.2) is 0 Å². The number of benzene rings is 2. The fraction of sp³-hybridized carbons (Fsp3) is 0.475. The summed E-state index contributed by atoms with van der Waals surface area (Å²) in [4.78, 5) is 97.8. The first-order valence-electron chi connectivity index (χ1n) is 18.9. The summed E-state index contributed by atoms with van der Waals surface area (Å²) in [6, 6.07) is 10.7. The van der Waals surface area contributed by atoms with E-state index in [-0.39, 0.29) is 56.8 Å². The van der Waals surface area contributed by atoms with Gasteiger partial charge in [-0.2, -0.15) is 0 Å². The van der Waals surface area contributed by atoms with Crippen LogP contribution in [0.25, 0.3) is 10.9 Å². The number of carbonyl (C=O) groups is 7. The second-order valence-corrected chi connectivity index (χ2v) is 15.0. The third-order valence-electron chi connectivity index (χ3n) is 9.32. The molecule has 1 fully saturated rings. The van der Waals surface area contributed by atoms with Gasteiger partial charge in [0.1, 0.15) is 30.2 Å². The predicted molar refractivity (Wildman–Crippen MR) is 207 cm³/mol. The van der Waals surface area contributed by atoms with Gasteiger partial charge in [-0.1, -0.05) is 76.2 Å². The van der Waals surface area contributed by atoms with E-state index in [0.29, 0.717) is 5.56 Å². The van der Waals surface area contributed by atoms with Crippen molar-refractivity contribution in [3.8, 4) is 0 Å². The second-order valence-electron chi connectivity index (χ2n) is 15.0. The van der Waals surface area contributed by atoms with Crippen LogP contribution in [0.15, 0.2) is 60.8 Å². The molecule has 5 atom stereocenters. The minimum atomic E-state index is -1.24. The lowest BCUT2D eigenvalue weighted by atomic mass is 9.99. The lowest BCUT2D eigenvalue weighted by molar-refractivity contribution is -0.136. The Bertz CT molecular complexity index is 1830. The number of carbonyl (C=O) groups excluding carboxylic acids is 7. The first-order chi connectivity index (χ1) is 26.2. The Morgan fingerprint density at radius 2 is 1.18 bits per heavy atom. The van der Waals surface area contributed by atoms with Crippen molar-refractivity contribution in [2.24, 2.45) is 17.6 Å². The largest absolute Gasteiger partial charge is 0.370 e. The van der Waals surface area contributed by atoms with E-state index in [1.54, 1.807) is 30.5 Å². The molecule has 0 spiro atoms. The summed E-state index contributed by atoms with van der Waals surface area (Å²) in [5.41, 5.74) is 7.65. The Morgan fingerprint density at radius 1 is 0.655 bits per heavy atom. The average Bonchev–Trinajstić information content (AvgIpc) is 3.54. The maximum Gasteiger partial charge on any atom is 0.243 e. The smallest absolute Gasteiger partial charge is 0.243 e. The molecule has 4 rings (SSSR count). The van der Waals surface area contributed by atoms with E-state index in [1.165, 1.54) is 0 Å². The molecule has 1 aromatic heterocycles. The maximum atomic E-state index is 14.3. The molecule has 15 heteroatoms. The van der Waals surface area contributed by atoms with Crippen molar-refractivity contribution >= 4 is 52.3 Å². The molecule has 296 valence electrons. The number of nitrogens with two attached hydrogens (primary N) is 1. The summed E-state index contributed by atoms with van der Waals surface area (Å²) in [6.07, 6.45) is 2.35. The molecule has 0 bridgehead atoms. The van der Waals surface area contributed by atoms with E-state index < -0.39 is 78.1 Å². The Hall–Kier alpha value is -5.73. The van der Waals surface area contributed by atoms with Crippen LogP contribution in [0.4, 0.5) is 0 Å². The molecule has 0 aliphatic carbocycles. The highest BCUT2D eigenvalue weighted by Gasteiger charge is 2.34. The SMILES string of the molecule is CC(C)C[C@@H]1NC(=O)CNC(=O)[C@H](Cc2ccccc2)NC(=O)[C@H](Cc2c[nH]c3ccccc23)NC(=O)[C@H](CCCC(N)=O)NC(=O)[C@@H](CC(C)C)NC1=O. The summed E-state index contributed by atoms with van der Waals surface area (Å²) >= 11 is 0. The molecule has 1 aliphatic heterocycles. The molecule has 7 amide bonds. The standard InChI is InChI=1S/C40H54N8O7/c1-23(2)17-30-38(53)46-31(18-24(3)4)39(54)45-29(15-10-16-34(41)49)37(52)48-33(20-26-21-42-28-14-9-8-13-27(26)28)40(55)47-32(19-25-11-6-5-7-12-25)36(51)43-22-35(50)44-30/h5-9,11-14,21,23-24,29-33,42H,10,15-20,22H2,1-4H3,(H2,41,49)(H,43,51)(H,44,50)(H,45,54)(H,46,53)(H,47,55)(H,48,52)/t29-,30-,31+,32-,33-/m0/s1. The summed E-state index contributed by atoms with van der Waals surface area (Å²) in [5, 5.41) is 17.2. The van der Waals surface area contributed by atoms with Crippen LogP contribution >= 0.6 is 0 Å². The van der Waals surface area contributed by atoms with E-state index in [9.17, 15) is 33.6 Å². The Balaban J connectivity index is 1.75. The third-order valence-corrected chi connectivity index (χ3v) is 9.32. The number of para-hydroxylation sites is 1. The van der Waals surface area contributed by atoms with E-state index in [1.807, 2.05) is 58.0 Å². The molecule has 0 radical (unpaired) electrons. The summed E-state index contributed by atoms with van der Waals surface area (Å²) in [7, 11) is 0. The van der Waals surface area contributed by atoms with Gasteiger partial charge in [-0.3, -0.25) is 33.6 Å². The Morgan fingerprint density at radius 3 is 1.82 bits per heavy atom. The van der Waals surface area contributed by atoms with Crippen LogP contribution in [0.5, 0.6) is 0 Å². The van der Waals surface area contributed by atoms with Crippen LogP contribution in [-0.4, -0.2) is 83.1 Å². The molecular weight excluding hydrogens is 704 g/mol. The quantitative estimate of drug-likeness (QED) is 0.135. The zero-order valence-electron chi connectivity index (χ0n) is 31.9. The van der Waals surface area contributed by atoms with Gasteiger partial charge >= 0.3 is 0 Å². The Labute approximate surface area is 321 Å². The van der Waals surface area contributed by atoms with E-state index in [4.69, 9.17) is 5.73 Å². The van der Waals surface area contributed by atoms with Crippen LogP contribution in [0, 0.1) is 11.8 Å². The predicted octanol–water partition coefficient (Wildman–Crippen LogP) is 1.25. The van der Waals surface area contributed by atoms with Gasteiger partial charge in [-0.15, -0.1) is 0 Å². The van der Waals surface area contributed by atoms with Gasteiger partial charge in [-0.25, -0.2) is 0 Å². The highest BCUT2D eigenvalue weighted by molar-refractivity contribution is 5.98. The molecule has 3 aromatic rings. The van der Waals surface area contributed by atoms with Crippen LogP contribution in [0.1, 0.15) is 70.9 Å².